The number of nitrogens with one attached hydrogen (secondary N) is 1. The molecule has 1 amide bonds. The van der Waals surface area contributed by atoms with Crippen molar-refractivity contribution in [3.05, 3.63) is 29.0 Å². The number of halogens is 1. The Hall–Kier alpha value is -1.13. The average molecular weight is 321 g/mol. The van der Waals surface area contributed by atoms with Crippen LogP contribution in [0, 0.1) is 17.8 Å². The van der Waals surface area contributed by atoms with Crippen LogP contribution in [-0.4, -0.2) is 29.6 Å². The normalized spacial score (nSPS) is 34.2. The van der Waals surface area contributed by atoms with E-state index < -0.39 is 0 Å². The average Bonchev–Trinajstić information content (AvgIpc) is 3.16. The number of amides is 1. The molecule has 1 aliphatic heterocycles. The highest BCUT2D eigenvalue weighted by Gasteiger charge is 2.57. The van der Waals surface area contributed by atoms with Crippen LogP contribution in [-0.2, 0) is 4.74 Å². The molecule has 0 unspecified atom stereocenters. The molecule has 2 saturated carbocycles. The Morgan fingerprint density at radius 1 is 1.32 bits per heavy atom. The lowest BCUT2D eigenvalue weighted by Gasteiger charge is -2.50. The monoisotopic (exact) mass is 320 g/mol. The van der Waals surface area contributed by atoms with E-state index in [1.54, 1.807) is 12.3 Å². The summed E-state index contributed by atoms with van der Waals surface area (Å²) in [7, 11) is 0. The lowest BCUT2D eigenvalue weighted by molar-refractivity contribution is -0.0784. The zero-order valence-electron chi connectivity index (χ0n) is 12.5. The van der Waals surface area contributed by atoms with Crippen molar-refractivity contribution in [1.29, 1.82) is 0 Å². The van der Waals surface area contributed by atoms with E-state index in [4.69, 9.17) is 16.3 Å². The van der Waals surface area contributed by atoms with E-state index in [9.17, 15) is 4.79 Å². The predicted molar refractivity (Wildman–Crippen MR) is 83.8 cm³/mol. The lowest BCUT2D eigenvalue weighted by atomic mass is 9.61. The van der Waals surface area contributed by atoms with Crippen LogP contribution in [0.3, 0.4) is 0 Å². The summed E-state index contributed by atoms with van der Waals surface area (Å²) >= 11 is 6.09. The first-order valence-electron chi connectivity index (χ1n) is 8.27. The first-order chi connectivity index (χ1) is 10.8. The van der Waals surface area contributed by atoms with Crippen LogP contribution in [0.2, 0.25) is 5.02 Å². The maximum absolute atomic E-state index is 12.6. The fraction of sp³-hybridized carbons (Fsp3) is 0.647. The second-order valence-electron chi connectivity index (χ2n) is 6.76. The van der Waals surface area contributed by atoms with Crippen molar-refractivity contribution in [2.24, 2.45) is 17.8 Å². The van der Waals surface area contributed by atoms with Crippen LogP contribution < -0.4 is 5.32 Å². The van der Waals surface area contributed by atoms with Gasteiger partial charge in [0.1, 0.15) is 0 Å². The van der Waals surface area contributed by atoms with E-state index in [0.29, 0.717) is 34.4 Å². The minimum absolute atomic E-state index is 0.0780. The Bertz CT molecular complexity index is 569. The second-order valence-corrected chi connectivity index (χ2v) is 7.17. The van der Waals surface area contributed by atoms with E-state index in [1.807, 2.05) is 0 Å². The number of rotatable bonds is 3. The SMILES string of the molecule is O=C(N[C@@H]1[C@@H]2CCO[C@@H]2[C@@H]1C1CCCC1)c1ccncc1Cl. The molecule has 1 aromatic rings. The molecule has 2 aliphatic carbocycles. The Morgan fingerprint density at radius 2 is 2.14 bits per heavy atom. The molecule has 1 N–H and O–H groups in total. The summed E-state index contributed by atoms with van der Waals surface area (Å²) in [5.74, 6) is 1.60. The molecule has 1 aromatic heterocycles. The van der Waals surface area contributed by atoms with Crippen LogP contribution in [0.15, 0.2) is 18.5 Å². The number of hydrogen-bond donors (Lipinski definition) is 1. The maximum Gasteiger partial charge on any atom is 0.253 e. The van der Waals surface area contributed by atoms with Gasteiger partial charge >= 0.3 is 0 Å². The van der Waals surface area contributed by atoms with Gasteiger partial charge in [0.2, 0.25) is 0 Å². The molecule has 3 fully saturated rings. The number of pyridine rings is 1. The molecule has 5 heteroatoms. The largest absolute Gasteiger partial charge is 0.377 e. The molecule has 118 valence electrons. The van der Waals surface area contributed by atoms with Crippen LogP contribution in [0.25, 0.3) is 0 Å². The number of hydrogen-bond acceptors (Lipinski definition) is 3. The summed E-state index contributed by atoms with van der Waals surface area (Å²) in [4.78, 5) is 16.5. The van der Waals surface area contributed by atoms with Crippen LogP contribution in [0.4, 0.5) is 0 Å². The minimum Gasteiger partial charge on any atom is -0.377 e. The van der Waals surface area contributed by atoms with E-state index in [1.165, 1.54) is 31.9 Å². The maximum atomic E-state index is 12.6. The Balaban J connectivity index is 1.50. The molecule has 22 heavy (non-hydrogen) atoms. The third-order valence-corrected chi connectivity index (χ3v) is 6.00. The number of carbonyl (C=O) groups is 1. The molecule has 0 bridgehead atoms. The van der Waals surface area contributed by atoms with Gasteiger partial charge in [-0.15, -0.1) is 0 Å². The van der Waals surface area contributed by atoms with Crippen LogP contribution >= 0.6 is 11.6 Å². The number of ether oxygens (including phenoxy) is 1. The Morgan fingerprint density at radius 3 is 2.91 bits per heavy atom. The third kappa shape index (κ3) is 2.33. The van der Waals surface area contributed by atoms with Gasteiger partial charge in [-0.3, -0.25) is 9.78 Å². The van der Waals surface area contributed by atoms with Crippen molar-refractivity contribution < 1.29 is 9.53 Å². The first-order valence-corrected chi connectivity index (χ1v) is 8.65. The van der Waals surface area contributed by atoms with Gasteiger partial charge in [-0.05, 0) is 18.4 Å². The van der Waals surface area contributed by atoms with E-state index >= 15 is 0 Å². The van der Waals surface area contributed by atoms with Gasteiger partial charge in [0.15, 0.2) is 0 Å². The van der Waals surface area contributed by atoms with Crippen molar-refractivity contribution in [3.8, 4) is 0 Å². The summed E-state index contributed by atoms with van der Waals surface area (Å²) in [6.07, 6.45) is 9.74. The molecule has 4 rings (SSSR count). The highest BCUT2D eigenvalue weighted by molar-refractivity contribution is 6.33. The van der Waals surface area contributed by atoms with Gasteiger partial charge in [-0.25, -0.2) is 0 Å². The van der Waals surface area contributed by atoms with Crippen LogP contribution in [0.1, 0.15) is 42.5 Å². The number of carbonyl (C=O) groups excluding carboxylic acids is 1. The topological polar surface area (TPSA) is 51.2 Å². The molecular weight excluding hydrogens is 300 g/mol. The van der Waals surface area contributed by atoms with Crippen molar-refractivity contribution in [2.75, 3.05) is 6.61 Å². The molecule has 2 heterocycles. The molecule has 4 nitrogen and oxygen atoms in total. The van der Waals surface area contributed by atoms with Crippen LogP contribution in [0.5, 0.6) is 0 Å². The van der Waals surface area contributed by atoms with Gasteiger partial charge in [0.25, 0.3) is 5.91 Å². The van der Waals surface area contributed by atoms with Gasteiger partial charge in [-0.1, -0.05) is 37.3 Å². The standard InChI is InChI=1S/C17H21ClN2O2/c18-13-9-19-7-5-11(13)17(21)20-15-12-6-8-22-16(12)14(15)10-3-1-2-4-10/h5,7,9-10,12,14-16H,1-4,6,8H2,(H,20,21)/t12-,14+,15+,16-/m0/s1. The van der Waals surface area contributed by atoms with Gasteiger partial charge < -0.3 is 10.1 Å². The molecule has 0 aromatic carbocycles. The predicted octanol–water partition coefficient (Wildman–Crippen LogP) is 3.06. The molecule has 3 aliphatic rings. The molecule has 0 radical (unpaired) electrons. The smallest absolute Gasteiger partial charge is 0.253 e. The van der Waals surface area contributed by atoms with E-state index in [-0.39, 0.29) is 11.9 Å². The summed E-state index contributed by atoms with van der Waals surface area (Å²) in [5, 5.41) is 3.65. The Kier molecular flexibility index (Phi) is 3.82. The van der Waals surface area contributed by atoms with Gasteiger partial charge in [0.05, 0.1) is 16.7 Å². The van der Waals surface area contributed by atoms with E-state index in [0.717, 1.165) is 13.0 Å². The summed E-state index contributed by atoms with van der Waals surface area (Å²) in [5.41, 5.74) is 0.518. The van der Waals surface area contributed by atoms with Crippen molar-refractivity contribution in [2.45, 2.75) is 44.2 Å². The van der Waals surface area contributed by atoms with Crippen molar-refractivity contribution in [3.63, 3.8) is 0 Å². The first kappa shape index (κ1) is 14.5. The number of fused-ring (bicyclic) bond motifs is 1. The van der Waals surface area contributed by atoms with Gasteiger partial charge in [-0.2, -0.15) is 0 Å². The Labute approximate surface area is 135 Å². The second kappa shape index (κ2) is 5.82. The lowest BCUT2D eigenvalue weighted by Crippen LogP contribution is -2.63. The molecule has 1 saturated heterocycles. The van der Waals surface area contributed by atoms with Crippen molar-refractivity contribution >= 4 is 17.5 Å². The molecular formula is C17H21ClN2O2. The highest BCUT2D eigenvalue weighted by Crippen LogP contribution is 2.51. The zero-order chi connectivity index (χ0) is 15.1. The minimum atomic E-state index is -0.0780. The zero-order valence-corrected chi connectivity index (χ0v) is 13.3. The summed E-state index contributed by atoms with van der Waals surface area (Å²) < 4.78 is 5.93. The number of nitrogens with zero attached hydrogens (tertiary/aromatic N) is 1. The molecule has 0 spiro atoms. The number of aromatic nitrogens is 1. The fourth-order valence-corrected chi connectivity index (χ4v) is 4.85. The quantitative estimate of drug-likeness (QED) is 0.931. The summed E-state index contributed by atoms with van der Waals surface area (Å²) in [6, 6.07) is 1.93. The van der Waals surface area contributed by atoms with Crippen molar-refractivity contribution in [1.82, 2.24) is 10.3 Å². The highest BCUT2D eigenvalue weighted by atomic mass is 35.5. The molecule has 4 atom stereocenters. The fourth-order valence-electron chi connectivity index (χ4n) is 4.65. The summed E-state index contributed by atoms with van der Waals surface area (Å²) in [6.45, 7) is 0.834. The van der Waals surface area contributed by atoms with E-state index in [2.05, 4.69) is 10.3 Å². The van der Waals surface area contributed by atoms with Gasteiger partial charge in [0, 0.05) is 36.9 Å². The third-order valence-electron chi connectivity index (χ3n) is 5.70.